The molecular formula is C7H8ClN3OS. The van der Waals surface area contributed by atoms with Crippen LogP contribution >= 0.6 is 23.4 Å². The summed E-state index contributed by atoms with van der Waals surface area (Å²) in [5.41, 5.74) is 5.44. The number of ether oxygens (including phenoxy) is 1. The molecule has 1 fully saturated rings. The molecule has 70 valence electrons. The van der Waals surface area contributed by atoms with Gasteiger partial charge in [0.15, 0.2) is 0 Å². The second-order valence-corrected chi connectivity index (χ2v) is 4.35. The molecule has 2 rings (SSSR count). The van der Waals surface area contributed by atoms with Gasteiger partial charge in [-0.2, -0.15) is 0 Å². The summed E-state index contributed by atoms with van der Waals surface area (Å²) in [6.07, 6.45) is 1.52. The number of hydrogen-bond acceptors (Lipinski definition) is 5. The monoisotopic (exact) mass is 217 g/mol. The highest BCUT2D eigenvalue weighted by atomic mass is 35.5. The minimum Gasteiger partial charge on any atom is -0.379 e. The summed E-state index contributed by atoms with van der Waals surface area (Å²) in [4.78, 5) is 7.82. The number of nitrogen functional groups attached to an aromatic ring is 1. The van der Waals surface area contributed by atoms with Crippen molar-refractivity contribution in [2.24, 2.45) is 0 Å². The zero-order valence-corrected chi connectivity index (χ0v) is 8.31. The van der Waals surface area contributed by atoms with E-state index in [0.29, 0.717) is 10.3 Å². The molecule has 13 heavy (non-hydrogen) atoms. The molecule has 1 aliphatic heterocycles. The lowest BCUT2D eigenvalue weighted by molar-refractivity contribution is 0.0455. The van der Waals surface area contributed by atoms with Gasteiger partial charge in [0.25, 0.3) is 0 Å². The Bertz CT molecular complexity index is 319. The average molecular weight is 218 g/mol. The molecule has 1 aliphatic rings. The van der Waals surface area contributed by atoms with E-state index in [9.17, 15) is 0 Å². The van der Waals surface area contributed by atoms with Crippen LogP contribution < -0.4 is 5.73 Å². The lowest BCUT2D eigenvalue weighted by Crippen LogP contribution is -2.30. The Balaban J connectivity index is 2.13. The van der Waals surface area contributed by atoms with Crippen LogP contribution in [-0.4, -0.2) is 28.4 Å². The first-order chi connectivity index (χ1) is 6.25. The quantitative estimate of drug-likeness (QED) is 0.755. The number of halogens is 1. The Labute approximate surface area is 84.8 Å². The minimum absolute atomic E-state index is 0.257. The summed E-state index contributed by atoms with van der Waals surface area (Å²) in [5, 5.41) is 1.74. The molecule has 2 N–H and O–H groups in total. The van der Waals surface area contributed by atoms with Gasteiger partial charge in [-0.15, -0.1) is 0 Å². The fourth-order valence-corrected chi connectivity index (χ4v) is 2.07. The maximum absolute atomic E-state index is 5.88. The van der Waals surface area contributed by atoms with Gasteiger partial charge in [-0.05, 0) is 0 Å². The van der Waals surface area contributed by atoms with Crippen LogP contribution in [0.2, 0.25) is 5.02 Å². The smallest absolute Gasteiger partial charge is 0.221 e. The Morgan fingerprint density at radius 3 is 3.00 bits per heavy atom. The molecule has 0 saturated carbocycles. The zero-order valence-electron chi connectivity index (χ0n) is 6.74. The molecule has 0 unspecified atom stereocenters. The van der Waals surface area contributed by atoms with Crippen LogP contribution in [0.15, 0.2) is 11.2 Å². The van der Waals surface area contributed by atoms with Crippen LogP contribution in [-0.2, 0) is 4.74 Å². The van der Waals surface area contributed by atoms with Crippen molar-refractivity contribution < 1.29 is 4.74 Å². The van der Waals surface area contributed by atoms with Gasteiger partial charge in [0.2, 0.25) is 5.95 Å². The van der Waals surface area contributed by atoms with Crippen molar-refractivity contribution >= 4 is 29.3 Å². The molecule has 1 aromatic rings. The van der Waals surface area contributed by atoms with Crippen LogP contribution in [0, 0.1) is 0 Å². The van der Waals surface area contributed by atoms with Crippen LogP contribution in [0.3, 0.4) is 0 Å². The standard InChI is InChI=1S/C7H8ClN3OS/c8-5-1-10-7(9)11-6(5)13-4-2-12-3-4/h1,4H,2-3H2,(H2,9,10,11). The highest BCUT2D eigenvalue weighted by molar-refractivity contribution is 8.00. The van der Waals surface area contributed by atoms with Crippen molar-refractivity contribution in [3.8, 4) is 0 Å². The van der Waals surface area contributed by atoms with Crippen LogP contribution in [0.25, 0.3) is 0 Å². The lowest BCUT2D eigenvalue weighted by atomic mass is 10.4. The number of anilines is 1. The van der Waals surface area contributed by atoms with E-state index < -0.39 is 0 Å². The van der Waals surface area contributed by atoms with Gasteiger partial charge in [-0.1, -0.05) is 23.4 Å². The van der Waals surface area contributed by atoms with Crippen molar-refractivity contribution in [1.29, 1.82) is 0 Å². The molecule has 1 aromatic heterocycles. The first-order valence-corrected chi connectivity index (χ1v) is 5.04. The number of thioether (sulfide) groups is 1. The van der Waals surface area contributed by atoms with E-state index in [-0.39, 0.29) is 5.95 Å². The number of nitrogens with two attached hydrogens (primary N) is 1. The first kappa shape index (κ1) is 9.05. The third-order valence-corrected chi connectivity index (χ3v) is 3.14. The van der Waals surface area contributed by atoms with E-state index in [1.807, 2.05) is 0 Å². The molecule has 0 atom stereocenters. The number of rotatable bonds is 2. The lowest BCUT2D eigenvalue weighted by Gasteiger charge is -2.24. The highest BCUT2D eigenvalue weighted by Gasteiger charge is 2.21. The topological polar surface area (TPSA) is 61.0 Å². The minimum atomic E-state index is 0.257. The maximum atomic E-state index is 5.88. The SMILES string of the molecule is Nc1ncc(Cl)c(SC2COC2)n1. The van der Waals surface area contributed by atoms with Crippen molar-refractivity contribution in [1.82, 2.24) is 9.97 Å². The van der Waals surface area contributed by atoms with E-state index in [2.05, 4.69) is 9.97 Å². The molecule has 6 heteroatoms. The van der Waals surface area contributed by atoms with Crippen LogP contribution in [0.1, 0.15) is 0 Å². The summed E-state index contributed by atoms with van der Waals surface area (Å²) in [5.74, 6) is 0.257. The highest BCUT2D eigenvalue weighted by Crippen LogP contribution is 2.31. The summed E-state index contributed by atoms with van der Waals surface area (Å²) in [7, 11) is 0. The maximum Gasteiger partial charge on any atom is 0.221 e. The van der Waals surface area contributed by atoms with Crippen LogP contribution in [0.4, 0.5) is 5.95 Å². The molecular weight excluding hydrogens is 210 g/mol. The Morgan fingerprint density at radius 2 is 2.38 bits per heavy atom. The second kappa shape index (κ2) is 3.69. The molecule has 0 radical (unpaired) electrons. The van der Waals surface area contributed by atoms with Crippen LogP contribution in [0.5, 0.6) is 0 Å². The molecule has 0 spiro atoms. The Kier molecular flexibility index (Phi) is 2.57. The van der Waals surface area contributed by atoms with Gasteiger partial charge in [0.1, 0.15) is 5.03 Å². The molecule has 2 heterocycles. The van der Waals surface area contributed by atoms with Gasteiger partial charge in [0, 0.05) is 0 Å². The molecule has 0 amide bonds. The Hall–Kier alpha value is -0.520. The number of hydrogen-bond donors (Lipinski definition) is 1. The summed E-state index contributed by atoms with van der Waals surface area (Å²) in [6.45, 7) is 1.51. The zero-order chi connectivity index (χ0) is 9.26. The number of nitrogens with zero attached hydrogens (tertiary/aromatic N) is 2. The summed E-state index contributed by atoms with van der Waals surface area (Å²) in [6, 6.07) is 0. The van der Waals surface area contributed by atoms with E-state index >= 15 is 0 Å². The van der Waals surface area contributed by atoms with Crippen molar-refractivity contribution in [2.45, 2.75) is 10.3 Å². The third-order valence-electron chi connectivity index (χ3n) is 1.62. The van der Waals surface area contributed by atoms with E-state index in [0.717, 1.165) is 18.2 Å². The van der Waals surface area contributed by atoms with Gasteiger partial charge < -0.3 is 10.5 Å². The Morgan fingerprint density at radius 1 is 1.62 bits per heavy atom. The fourth-order valence-electron chi connectivity index (χ4n) is 0.887. The van der Waals surface area contributed by atoms with E-state index in [1.165, 1.54) is 6.20 Å². The van der Waals surface area contributed by atoms with E-state index in [1.54, 1.807) is 11.8 Å². The van der Waals surface area contributed by atoms with E-state index in [4.69, 9.17) is 22.1 Å². The molecule has 4 nitrogen and oxygen atoms in total. The van der Waals surface area contributed by atoms with Gasteiger partial charge in [-0.3, -0.25) is 0 Å². The third kappa shape index (κ3) is 2.04. The predicted octanol–water partition coefficient (Wildman–Crippen LogP) is 1.20. The summed E-state index contributed by atoms with van der Waals surface area (Å²) >= 11 is 7.46. The summed E-state index contributed by atoms with van der Waals surface area (Å²) < 4.78 is 5.04. The average Bonchev–Trinajstić information content (AvgIpc) is 2.03. The van der Waals surface area contributed by atoms with Crippen molar-refractivity contribution in [3.63, 3.8) is 0 Å². The van der Waals surface area contributed by atoms with Crippen molar-refractivity contribution in [3.05, 3.63) is 11.2 Å². The molecule has 0 aliphatic carbocycles. The second-order valence-electron chi connectivity index (χ2n) is 2.66. The molecule has 1 saturated heterocycles. The molecule has 0 aromatic carbocycles. The number of aromatic nitrogens is 2. The normalized spacial score (nSPS) is 17.0. The van der Waals surface area contributed by atoms with Gasteiger partial charge in [0.05, 0.1) is 29.7 Å². The van der Waals surface area contributed by atoms with Gasteiger partial charge >= 0.3 is 0 Å². The van der Waals surface area contributed by atoms with Gasteiger partial charge in [-0.25, -0.2) is 9.97 Å². The fraction of sp³-hybridized carbons (Fsp3) is 0.429. The largest absolute Gasteiger partial charge is 0.379 e. The van der Waals surface area contributed by atoms with Crippen molar-refractivity contribution in [2.75, 3.05) is 18.9 Å². The predicted molar refractivity (Wildman–Crippen MR) is 51.9 cm³/mol. The molecule has 0 bridgehead atoms. The first-order valence-electron chi connectivity index (χ1n) is 3.78.